The lowest BCUT2D eigenvalue weighted by Gasteiger charge is -1.87. The molecule has 0 radical (unpaired) electrons. The molecule has 0 unspecified atom stereocenters. The molecule has 0 saturated heterocycles. The second kappa shape index (κ2) is 13.7. The zero-order valence-corrected chi connectivity index (χ0v) is 12.6. The van der Waals surface area contributed by atoms with E-state index in [-0.39, 0.29) is 17.0 Å². The molecule has 0 aromatic heterocycles. The minimum Gasteiger partial charge on any atom is -0.382 e. The molecule has 0 heterocycles. The summed E-state index contributed by atoms with van der Waals surface area (Å²) in [6.07, 6.45) is 0. The van der Waals surface area contributed by atoms with Crippen LogP contribution >= 0.6 is 26.1 Å². The Labute approximate surface area is 110 Å². The van der Waals surface area contributed by atoms with E-state index in [1.807, 2.05) is 32.0 Å². The van der Waals surface area contributed by atoms with Gasteiger partial charge in [0.2, 0.25) is 0 Å². The second-order valence-corrected chi connectivity index (χ2v) is 4.29. The Morgan fingerprint density at radius 3 is 1.86 bits per heavy atom. The molecule has 0 atom stereocenters. The van der Waals surface area contributed by atoms with Gasteiger partial charge in [-0.05, 0) is 13.8 Å². The zero-order chi connectivity index (χ0) is 9.94. The molecule has 0 bridgehead atoms. The van der Waals surface area contributed by atoms with Crippen molar-refractivity contribution in [3.05, 3.63) is 30.3 Å². The minimum absolute atomic E-state index is 0. The summed E-state index contributed by atoms with van der Waals surface area (Å²) in [6.45, 7) is 5.67. The fraction of sp³-hybridized carbons (Fsp3) is 0.400. The maximum atomic E-state index is 5.67. The molecule has 0 aliphatic heterocycles. The van der Waals surface area contributed by atoms with Crippen LogP contribution in [0.4, 0.5) is 0 Å². The lowest BCUT2D eigenvalue weighted by Crippen LogP contribution is -2.05. The van der Waals surface area contributed by atoms with Gasteiger partial charge in [-0.15, -0.1) is 20.7 Å². The molecule has 14 heavy (non-hydrogen) atoms. The van der Waals surface area contributed by atoms with Crippen LogP contribution in [0.3, 0.4) is 0 Å². The molecule has 1 rings (SSSR count). The van der Waals surface area contributed by atoms with Gasteiger partial charge in [0.1, 0.15) is 0 Å². The second-order valence-electron chi connectivity index (χ2n) is 2.40. The van der Waals surface area contributed by atoms with Crippen molar-refractivity contribution in [3.63, 3.8) is 0 Å². The van der Waals surface area contributed by atoms with Gasteiger partial charge in [-0.1, -0.05) is 30.3 Å². The Balaban J connectivity index is 0. The number of ether oxygens (including phenoxy) is 1. The lowest BCUT2D eigenvalue weighted by atomic mass is 10.4. The average molecular weight is 292 g/mol. The number of rotatable bonds is 3. The first-order chi connectivity index (χ1) is 6.35. The van der Waals surface area contributed by atoms with Crippen LogP contribution in [0, 0.1) is 0 Å². The van der Waals surface area contributed by atoms with Gasteiger partial charge >= 0.3 is 19.3 Å². The highest BCUT2D eigenvalue weighted by atomic mass is 79.9. The molecule has 0 fully saturated rings. The van der Waals surface area contributed by atoms with Crippen LogP contribution in [-0.2, 0) is 4.74 Å². The Morgan fingerprint density at radius 2 is 1.64 bits per heavy atom. The molecule has 1 nitrogen and oxygen atoms in total. The SMILES string of the molecule is Br.CCOCC.[Cl][Mg][c]1ccccc1. The first-order valence-electron chi connectivity index (χ1n) is 4.52. The largest absolute Gasteiger partial charge is 0.538 e. The van der Waals surface area contributed by atoms with E-state index in [2.05, 4.69) is 12.1 Å². The maximum Gasteiger partial charge on any atom is 0.538 e. The van der Waals surface area contributed by atoms with Crippen molar-refractivity contribution >= 4 is 49.0 Å². The molecule has 0 amide bonds. The van der Waals surface area contributed by atoms with Crippen molar-refractivity contribution in [1.82, 2.24) is 0 Å². The molecule has 0 saturated carbocycles. The van der Waals surface area contributed by atoms with Gasteiger partial charge in [-0.2, -0.15) is 0 Å². The maximum absolute atomic E-state index is 5.67. The predicted molar refractivity (Wildman–Crippen MR) is 70.2 cm³/mol. The molecule has 0 aliphatic rings. The van der Waals surface area contributed by atoms with Crippen LogP contribution in [-0.4, -0.2) is 32.5 Å². The molecular weight excluding hydrogens is 276 g/mol. The van der Waals surface area contributed by atoms with E-state index in [9.17, 15) is 0 Å². The van der Waals surface area contributed by atoms with Gasteiger partial charge in [0.25, 0.3) is 0 Å². The van der Waals surface area contributed by atoms with E-state index < -0.39 is 19.3 Å². The van der Waals surface area contributed by atoms with E-state index >= 15 is 0 Å². The number of hydrogen-bond acceptors (Lipinski definition) is 1. The summed E-state index contributed by atoms with van der Waals surface area (Å²) in [5, 5.41) is 0. The molecule has 1 aromatic carbocycles. The summed E-state index contributed by atoms with van der Waals surface area (Å²) >= 11 is -0.437. The molecule has 78 valence electrons. The fourth-order valence-corrected chi connectivity index (χ4v) is 1.76. The normalized spacial score (nSPS) is 7.64. The van der Waals surface area contributed by atoms with Crippen LogP contribution in [0.2, 0.25) is 0 Å². The highest BCUT2D eigenvalue weighted by Gasteiger charge is 1.89. The number of halogens is 2. The van der Waals surface area contributed by atoms with E-state index in [1.165, 1.54) is 3.69 Å². The summed E-state index contributed by atoms with van der Waals surface area (Å²) in [5.74, 6) is 0. The highest BCUT2D eigenvalue weighted by Crippen LogP contribution is 1.81. The Bertz CT molecular complexity index is 195. The predicted octanol–water partition coefficient (Wildman–Crippen LogP) is 2.79. The number of benzene rings is 1. The Hall–Kier alpha value is 0.716. The monoisotopic (exact) mass is 290 g/mol. The Kier molecular flexibility index (Phi) is 16.8. The van der Waals surface area contributed by atoms with Crippen LogP contribution in [0.1, 0.15) is 13.8 Å². The summed E-state index contributed by atoms with van der Waals surface area (Å²) < 4.78 is 6.15. The molecular formula is C10H16BrClMgO. The van der Waals surface area contributed by atoms with Crippen LogP contribution in [0.15, 0.2) is 30.3 Å². The first-order valence-corrected chi connectivity index (χ1v) is 7.37. The van der Waals surface area contributed by atoms with Crippen LogP contribution in [0.5, 0.6) is 0 Å². The van der Waals surface area contributed by atoms with Gasteiger partial charge in [0.05, 0.1) is 0 Å². The number of hydrogen-bond donors (Lipinski definition) is 0. The van der Waals surface area contributed by atoms with Crippen LogP contribution < -0.4 is 3.69 Å². The third-order valence-corrected chi connectivity index (χ3v) is 3.11. The van der Waals surface area contributed by atoms with E-state index in [0.717, 1.165) is 13.2 Å². The topological polar surface area (TPSA) is 9.23 Å². The summed E-state index contributed by atoms with van der Waals surface area (Å²) in [6, 6.07) is 10.2. The van der Waals surface area contributed by atoms with Gasteiger partial charge in [0, 0.05) is 13.2 Å². The van der Waals surface area contributed by atoms with Crippen molar-refractivity contribution in [1.29, 1.82) is 0 Å². The Morgan fingerprint density at radius 1 is 1.14 bits per heavy atom. The van der Waals surface area contributed by atoms with E-state index in [4.69, 9.17) is 13.8 Å². The summed E-state index contributed by atoms with van der Waals surface area (Å²) in [4.78, 5) is 0. The van der Waals surface area contributed by atoms with E-state index in [1.54, 1.807) is 0 Å². The smallest absolute Gasteiger partial charge is 0.382 e. The first kappa shape index (κ1) is 17.1. The van der Waals surface area contributed by atoms with Crippen molar-refractivity contribution in [3.8, 4) is 0 Å². The van der Waals surface area contributed by atoms with Gasteiger partial charge in [-0.3, -0.25) is 0 Å². The zero-order valence-electron chi connectivity index (χ0n) is 8.70. The molecule has 1 aromatic rings. The lowest BCUT2D eigenvalue weighted by molar-refractivity contribution is 0.162. The van der Waals surface area contributed by atoms with Gasteiger partial charge < -0.3 is 13.8 Å². The minimum atomic E-state index is -0.437. The molecule has 0 aliphatic carbocycles. The standard InChI is InChI=1S/C6H5.C4H10O.BrH.ClH.Mg/c1-2-4-6-5-3-1;1-3-5-4-2;;;/h1-5H;3-4H2,1-2H3;2*1H;/q;;;;+1/p-1. The van der Waals surface area contributed by atoms with Crippen LogP contribution in [0.25, 0.3) is 0 Å². The molecule has 4 heteroatoms. The quantitative estimate of drug-likeness (QED) is 0.778. The van der Waals surface area contributed by atoms with Crippen molar-refractivity contribution < 1.29 is 4.74 Å². The highest BCUT2D eigenvalue weighted by molar-refractivity contribution is 8.93. The third kappa shape index (κ3) is 10.8. The summed E-state index contributed by atoms with van der Waals surface area (Å²) in [7, 11) is 5.67. The fourth-order valence-electron chi connectivity index (χ4n) is 0.771. The van der Waals surface area contributed by atoms with Crippen molar-refractivity contribution in [2.45, 2.75) is 13.8 Å². The summed E-state index contributed by atoms with van der Waals surface area (Å²) in [5.41, 5.74) is 0. The van der Waals surface area contributed by atoms with Crippen molar-refractivity contribution in [2.75, 3.05) is 13.2 Å². The van der Waals surface area contributed by atoms with Gasteiger partial charge in [0.15, 0.2) is 0 Å². The van der Waals surface area contributed by atoms with Crippen molar-refractivity contribution in [2.24, 2.45) is 0 Å². The van der Waals surface area contributed by atoms with E-state index in [0.29, 0.717) is 0 Å². The molecule has 0 spiro atoms. The molecule has 0 N–H and O–H groups in total. The van der Waals surface area contributed by atoms with Gasteiger partial charge in [-0.25, -0.2) is 0 Å². The third-order valence-electron chi connectivity index (χ3n) is 1.41. The average Bonchev–Trinajstić information content (AvgIpc) is 2.21.